The Hall–Kier alpha value is -3.45. The summed E-state index contributed by atoms with van der Waals surface area (Å²) in [5.41, 5.74) is 4.46. The number of aryl methyl sites for hydroxylation is 2. The third-order valence-corrected chi connectivity index (χ3v) is 5.25. The highest BCUT2D eigenvalue weighted by Crippen LogP contribution is 2.33. The number of aromatic carboxylic acids is 1. The molecule has 4 rings (SSSR count). The number of para-hydroxylation sites is 1. The lowest BCUT2D eigenvalue weighted by Crippen LogP contribution is -2.17. The molecule has 2 heterocycles. The van der Waals surface area contributed by atoms with E-state index in [0.717, 1.165) is 16.8 Å². The number of benzene rings is 2. The molecular weight excluding hydrogens is 407 g/mol. The fourth-order valence-corrected chi connectivity index (χ4v) is 3.74. The molecule has 0 bridgehead atoms. The average Bonchev–Trinajstić information content (AvgIpc) is 3.13. The largest absolute Gasteiger partial charge is 0.476 e. The summed E-state index contributed by atoms with van der Waals surface area (Å²) in [5.74, 6) is -1.06. The third-order valence-electron chi connectivity index (χ3n) is 4.96. The zero-order valence-corrected chi connectivity index (χ0v) is 17.3. The molecule has 0 spiro atoms. The number of aromatic nitrogens is 3. The fourth-order valence-electron chi connectivity index (χ4n) is 3.55. The van der Waals surface area contributed by atoms with Crippen molar-refractivity contribution in [2.45, 2.75) is 13.8 Å². The molecular formula is C22H18ClFN4O2. The number of carboxylic acids is 1. The Balaban J connectivity index is 1.98. The second kappa shape index (κ2) is 7.42. The molecule has 152 valence electrons. The van der Waals surface area contributed by atoms with Crippen LogP contribution in [0.1, 0.15) is 21.6 Å². The first-order chi connectivity index (χ1) is 14.3. The molecule has 30 heavy (non-hydrogen) atoms. The number of nitrogens with zero attached hydrogens (tertiary/aromatic N) is 4. The standard InChI is InChI=1S/C22H18ClFN4O2/c1-12-5-4-6-13(2)21(12)27(3)20-11-17(14-7-8-16(24)15(23)9-14)25-19-10-18(22(29)30)26-28(19)20/h4-11H,1-3H3,(H,29,30). The summed E-state index contributed by atoms with van der Waals surface area (Å²) >= 11 is 5.96. The zero-order chi connectivity index (χ0) is 21.6. The summed E-state index contributed by atoms with van der Waals surface area (Å²) in [5, 5.41) is 13.6. The van der Waals surface area contributed by atoms with Crippen LogP contribution in [0.3, 0.4) is 0 Å². The van der Waals surface area contributed by atoms with Gasteiger partial charge in [0.05, 0.1) is 10.7 Å². The molecule has 0 saturated heterocycles. The van der Waals surface area contributed by atoms with Crippen LogP contribution in [-0.4, -0.2) is 32.7 Å². The first-order valence-corrected chi connectivity index (χ1v) is 9.53. The predicted octanol–water partition coefficient (Wildman–Crippen LogP) is 5.27. The first kappa shape index (κ1) is 19.8. The van der Waals surface area contributed by atoms with Crippen molar-refractivity contribution in [3.05, 3.63) is 76.2 Å². The van der Waals surface area contributed by atoms with Gasteiger partial charge in [-0.25, -0.2) is 14.2 Å². The molecule has 2 aromatic carbocycles. The van der Waals surface area contributed by atoms with Crippen molar-refractivity contribution in [1.29, 1.82) is 0 Å². The fraction of sp³-hybridized carbons (Fsp3) is 0.136. The van der Waals surface area contributed by atoms with Gasteiger partial charge in [-0.3, -0.25) is 0 Å². The summed E-state index contributed by atoms with van der Waals surface area (Å²) < 4.78 is 15.1. The van der Waals surface area contributed by atoms with E-state index in [4.69, 9.17) is 11.6 Å². The van der Waals surface area contributed by atoms with Gasteiger partial charge >= 0.3 is 5.97 Å². The molecule has 0 aliphatic heterocycles. The van der Waals surface area contributed by atoms with Crippen molar-refractivity contribution in [3.63, 3.8) is 0 Å². The van der Waals surface area contributed by atoms with E-state index in [9.17, 15) is 14.3 Å². The quantitative estimate of drug-likeness (QED) is 0.483. The molecule has 1 N–H and O–H groups in total. The number of fused-ring (bicyclic) bond motifs is 1. The lowest BCUT2D eigenvalue weighted by Gasteiger charge is -2.24. The molecule has 0 amide bonds. The summed E-state index contributed by atoms with van der Waals surface area (Å²) in [6.45, 7) is 4.01. The highest BCUT2D eigenvalue weighted by molar-refractivity contribution is 6.31. The van der Waals surface area contributed by atoms with E-state index >= 15 is 0 Å². The molecule has 4 aromatic rings. The number of halogens is 2. The Morgan fingerprint density at radius 2 is 1.83 bits per heavy atom. The normalized spacial score (nSPS) is 11.1. The van der Waals surface area contributed by atoms with E-state index < -0.39 is 11.8 Å². The van der Waals surface area contributed by atoms with Gasteiger partial charge in [0.2, 0.25) is 0 Å². The van der Waals surface area contributed by atoms with Crippen molar-refractivity contribution >= 4 is 34.7 Å². The molecule has 0 aliphatic rings. The topological polar surface area (TPSA) is 70.7 Å². The van der Waals surface area contributed by atoms with Crippen molar-refractivity contribution in [3.8, 4) is 11.3 Å². The van der Waals surface area contributed by atoms with E-state index in [1.807, 2.05) is 44.0 Å². The van der Waals surface area contributed by atoms with Crippen LogP contribution >= 0.6 is 11.6 Å². The molecule has 0 saturated carbocycles. The van der Waals surface area contributed by atoms with Gasteiger partial charge in [0.1, 0.15) is 11.6 Å². The average molecular weight is 425 g/mol. The number of rotatable bonds is 4. The maximum atomic E-state index is 13.6. The lowest BCUT2D eigenvalue weighted by atomic mass is 10.1. The van der Waals surface area contributed by atoms with E-state index in [2.05, 4.69) is 10.1 Å². The second-order valence-electron chi connectivity index (χ2n) is 7.03. The van der Waals surface area contributed by atoms with Gasteiger partial charge in [-0.15, -0.1) is 0 Å². The van der Waals surface area contributed by atoms with E-state index in [0.29, 0.717) is 22.7 Å². The van der Waals surface area contributed by atoms with Gasteiger partial charge in [0, 0.05) is 30.4 Å². The minimum Gasteiger partial charge on any atom is -0.476 e. The summed E-state index contributed by atoms with van der Waals surface area (Å²) in [6.07, 6.45) is 0. The number of carbonyl (C=O) groups is 1. The number of anilines is 2. The number of carboxylic acid groups (broad SMARTS) is 1. The van der Waals surface area contributed by atoms with E-state index in [-0.39, 0.29) is 10.7 Å². The van der Waals surface area contributed by atoms with Gasteiger partial charge in [0.25, 0.3) is 0 Å². The third kappa shape index (κ3) is 3.37. The molecule has 0 fully saturated rings. The van der Waals surface area contributed by atoms with Gasteiger partial charge in [-0.2, -0.15) is 9.61 Å². The van der Waals surface area contributed by atoms with Crippen LogP contribution in [0, 0.1) is 19.7 Å². The monoisotopic (exact) mass is 424 g/mol. The van der Waals surface area contributed by atoms with Crippen molar-refractivity contribution in [2.24, 2.45) is 0 Å². The smallest absolute Gasteiger partial charge is 0.356 e. The van der Waals surface area contributed by atoms with Crippen molar-refractivity contribution < 1.29 is 14.3 Å². The number of hydrogen-bond acceptors (Lipinski definition) is 4. The molecule has 0 aliphatic carbocycles. The van der Waals surface area contributed by atoms with Gasteiger partial charge < -0.3 is 10.0 Å². The van der Waals surface area contributed by atoms with Gasteiger partial charge in [-0.05, 0) is 43.2 Å². The molecule has 8 heteroatoms. The van der Waals surface area contributed by atoms with Gasteiger partial charge in [0.15, 0.2) is 11.3 Å². The van der Waals surface area contributed by atoms with Crippen LogP contribution in [-0.2, 0) is 0 Å². The highest BCUT2D eigenvalue weighted by atomic mass is 35.5. The Kier molecular flexibility index (Phi) is 4.91. The molecule has 0 radical (unpaired) electrons. The van der Waals surface area contributed by atoms with Crippen LogP contribution in [0.25, 0.3) is 16.9 Å². The molecule has 2 aromatic heterocycles. The second-order valence-corrected chi connectivity index (χ2v) is 7.44. The Bertz CT molecular complexity index is 1280. The van der Waals surface area contributed by atoms with E-state index in [1.54, 1.807) is 12.1 Å². The highest BCUT2D eigenvalue weighted by Gasteiger charge is 2.19. The zero-order valence-electron chi connectivity index (χ0n) is 16.5. The molecule has 6 nitrogen and oxygen atoms in total. The Morgan fingerprint density at radius 1 is 1.13 bits per heavy atom. The Labute approximate surface area is 177 Å². The van der Waals surface area contributed by atoms with Crippen LogP contribution < -0.4 is 4.90 Å². The maximum Gasteiger partial charge on any atom is 0.356 e. The van der Waals surface area contributed by atoms with Crippen LogP contribution in [0.4, 0.5) is 15.9 Å². The lowest BCUT2D eigenvalue weighted by molar-refractivity contribution is 0.0690. The molecule has 0 unspecified atom stereocenters. The van der Waals surface area contributed by atoms with Crippen molar-refractivity contribution in [1.82, 2.24) is 14.6 Å². The summed E-state index contributed by atoms with van der Waals surface area (Å²) in [4.78, 5) is 18.0. The van der Waals surface area contributed by atoms with Crippen LogP contribution in [0.5, 0.6) is 0 Å². The Morgan fingerprint density at radius 3 is 2.47 bits per heavy atom. The van der Waals surface area contributed by atoms with E-state index in [1.165, 1.54) is 22.7 Å². The number of hydrogen-bond donors (Lipinski definition) is 1. The minimum absolute atomic E-state index is 0.0152. The SMILES string of the molecule is Cc1cccc(C)c1N(C)c1cc(-c2ccc(F)c(Cl)c2)nc2cc(C(=O)O)nn12. The summed E-state index contributed by atoms with van der Waals surface area (Å²) in [7, 11) is 1.88. The molecule has 0 atom stereocenters. The first-order valence-electron chi connectivity index (χ1n) is 9.15. The van der Waals surface area contributed by atoms with Crippen LogP contribution in [0.15, 0.2) is 48.5 Å². The van der Waals surface area contributed by atoms with Crippen molar-refractivity contribution in [2.75, 3.05) is 11.9 Å². The predicted molar refractivity (Wildman–Crippen MR) is 114 cm³/mol. The minimum atomic E-state index is -1.15. The maximum absolute atomic E-state index is 13.6. The summed E-state index contributed by atoms with van der Waals surface area (Å²) in [6, 6.07) is 13.5. The van der Waals surface area contributed by atoms with Gasteiger partial charge in [-0.1, -0.05) is 29.8 Å². The van der Waals surface area contributed by atoms with Crippen LogP contribution in [0.2, 0.25) is 5.02 Å².